The molecule has 1 N–H and O–H groups in total. The van der Waals surface area contributed by atoms with Gasteiger partial charge in [0.05, 0.1) is 0 Å². The summed E-state index contributed by atoms with van der Waals surface area (Å²) in [5.41, 5.74) is 2.45. The summed E-state index contributed by atoms with van der Waals surface area (Å²) in [6, 6.07) is 7.01. The first-order valence-electron chi connectivity index (χ1n) is 7.17. The highest BCUT2D eigenvalue weighted by molar-refractivity contribution is 6.31. The average Bonchev–Trinajstić information content (AvgIpc) is 2.38. The van der Waals surface area contributed by atoms with Gasteiger partial charge in [-0.3, -0.25) is 0 Å². The highest BCUT2D eigenvalue weighted by Gasteiger charge is 2.20. The number of benzene rings is 1. The summed E-state index contributed by atoms with van der Waals surface area (Å²) in [5.74, 6) is 0.921. The van der Waals surface area contributed by atoms with Crippen LogP contribution in [0.1, 0.15) is 50.2 Å². The second-order valence-corrected chi connectivity index (χ2v) is 6.02. The first-order chi connectivity index (χ1) is 8.69. The number of rotatable bonds is 4. The van der Waals surface area contributed by atoms with Gasteiger partial charge < -0.3 is 5.32 Å². The third-order valence-corrected chi connectivity index (χ3v) is 4.50. The zero-order chi connectivity index (χ0) is 13.0. The van der Waals surface area contributed by atoms with E-state index in [0.29, 0.717) is 6.04 Å². The summed E-state index contributed by atoms with van der Waals surface area (Å²) in [7, 11) is 0. The summed E-state index contributed by atoms with van der Waals surface area (Å²) >= 11 is 6.26. The van der Waals surface area contributed by atoms with E-state index in [1.165, 1.54) is 43.2 Å². The Morgan fingerprint density at radius 1 is 1.33 bits per heavy atom. The van der Waals surface area contributed by atoms with Crippen molar-refractivity contribution in [3.8, 4) is 0 Å². The van der Waals surface area contributed by atoms with Gasteiger partial charge in [-0.05, 0) is 42.9 Å². The van der Waals surface area contributed by atoms with E-state index in [-0.39, 0.29) is 0 Å². The van der Waals surface area contributed by atoms with Crippen LogP contribution in [-0.2, 0) is 6.54 Å². The SMILES string of the molecule is CCC1CCCC(NCc2ccc(C)cc2Cl)C1. The van der Waals surface area contributed by atoms with Gasteiger partial charge in [-0.2, -0.15) is 0 Å². The molecule has 1 nitrogen and oxygen atoms in total. The minimum Gasteiger partial charge on any atom is -0.310 e. The molecule has 2 atom stereocenters. The fourth-order valence-electron chi connectivity index (χ4n) is 2.90. The first-order valence-corrected chi connectivity index (χ1v) is 7.55. The van der Waals surface area contributed by atoms with Crippen molar-refractivity contribution in [3.63, 3.8) is 0 Å². The molecule has 0 aromatic heterocycles. The minimum absolute atomic E-state index is 0.682. The van der Waals surface area contributed by atoms with Crippen LogP contribution in [0.2, 0.25) is 5.02 Å². The minimum atomic E-state index is 0.682. The van der Waals surface area contributed by atoms with Gasteiger partial charge in [-0.1, -0.05) is 49.9 Å². The lowest BCUT2D eigenvalue weighted by molar-refractivity contribution is 0.278. The molecule has 2 unspecified atom stereocenters. The molecule has 1 aromatic carbocycles. The fourth-order valence-corrected chi connectivity index (χ4v) is 3.20. The van der Waals surface area contributed by atoms with Crippen molar-refractivity contribution in [2.75, 3.05) is 0 Å². The van der Waals surface area contributed by atoms with Crippen molar-refractivity contribution < 1.29 is 0 Å². The molecule has 0 spiro atoms. The van der Waals surface area contributed by atoms with E-state index in [2.05, 4.69) is 31.3 Å². The number of halogens is 1. The van der Waals surface area contributed by atoms with E-state index in [4.69, 9.17) is 11.6 Å². The van der Waals surface area contributed by atoms with Gasteiger partial charge in [0.15, 0.2) is 0 Å². The molecule has 2 rings (SSSR count). The lowest BCUT2D eigenvalue weighted by Gasteiger charge is -2.29. The molecule has 0 radical (unpaired) electrons. The monoisotopic (exact) mass is 265 g/mol. The normalized spacial score (nSPS) is 24.2. The van der Waals surface area contributed by atoms with Crippen LogP contribution in [-0.4, -0.2) is 6.04 Å². The van der Waals surface area contributed by atoms with Crippen LogP contribution < -0.4 is 5.32 Å². The van der Waals surface area contributed by atoms with Crippen molar-refractivity contribution in [2.24, 2.45) is 5.92 Å². The topological polar surface area (TPSA) is 12.0 Å². The van der Waals surface area contributed by atoms with Crippen LogP contribution >= 0.6 is 11.6 Å². The Balaban J connectivity index is 1.87. The van der Waals surface area contributed by atoms with Gasteiger partial charge >= 0.3 is 0 Å². The second-order valence-electron chi connectivity index (χ2n) is 5.61. The third-order valence-electron chi connectivity index (χ3n) is 4.15. The lowest BCUT2D eigenvalue weighted by Crippen LogP contribution is -2.33. The van der Waals surface area contributed by atoms with E-state index in [0.717, 1.165) is 17.5 Å². The highest BCUT2D eigenvalue weighted by atomic mass is 35.5. The van der Waals surface area contributed by atoms with Crippen LogP contribution in [0.4, 0.5) is 0 Å². The zero-order valence-electron chi connectivity index (χ0n) is 11.5. The van der Waals surface area contributed by atoms with E-state index in [1.54, 1.807) is 0 Å². The molecule has 1 fully saturated rings. The van der Waals surface area contributed by atoms with Gasteiger partial charge in [-0.15, -0.1) is 0 Å². The Morgan fingerprint density at radius 2 is 2.17 bits per heavy atom. The van der Waals surface area contributed by atoms with E-state index in [1.807, 2.05) is 6.07 Å². The quantitative estimate of drug-likeness (QED) is 0.832. The van der Waals surface area contributed by atoms with Gasteiger partial charge in [-0.25, -0.2) is 0 Å². The Morgan fingerprint density at radius 3 is 2.89 bits per heavy atom. The van der Waals surface area contributed by atoms with E-state index in [9.17, 15) is 0 Å². The smallest absolute Gasteiger partial charge is 0.0453 e. The van der Waals surface area contributed by atoms with Crippen molar-refractivity contribution in [1.29, 1.82) is 0 Å². The van der Waals surface area contributed by atoms with Crippen LogP contribution in [0, 0.1) is 12.8 Å². The molecule has 1 aliphatic carbocycles. The standard InChI is InChI=1S/C16H24ClN/c1-3-13-5-4-6-15(10-13)18-11-14-8-7-12(2)9-16(14)17/h7-9,13,15,18H,3-6,10-11H2,1-2H3. The summed E-state index contributed by atoms with van der Waals surface area (Å²) in [5, 5.41) is 4.57. The first kappa shape index (κ1) is 13.9. The molecule has 0 aliphatic heterocycles. The molecule has 1 aliphatic rings. The van der Waals surface area contributed by atoms with Crippen LogP contribution in [0.15, 0.2) is 18.2 Å². The largest absolute Gasteiger partial charge is 0.310 e. The molecule has 100 valence electrons. The second kappa shape index (κ2) is 6.58. The maximum Gasteiger partial charge on any atom is 0.0453 e. The molecule has 18 heavy (non-hydrogen) atoms. The van der Waals surface area contributed by atoms with E-state index < -0.39 is 0 Å². The highest BCUT2D eigenvalue weighted by Crippen LogP contribution is 2.27. The summed E-state index contributed by atoms with van der Waals surface area (Å²) in [6.45, 7) is 5.29. The van der Waals surface area contributed by atoms with E-state index >= 15 is 0 Å². The van der Waals surface area contributed by atoms with Crippen molar-refractivity contribution in [3.05, 3.63) is 34.3 Å². The molecule has 1 saturated carbocycles. The van der Waals surface area contributed by atoms with Crippen LogP contribution in [0.3, 0.4) is 0 Å². The van der Waals surface area contributed by atoms with Gasteiger partial charge in [0.25, 0.3) is 0 Å². The predicted octanol–water partition coefficient (Wildman–Crippen LogP) is 4.71. The summed E-state index contributed by atoms with van der Waals surface area (Å²) in [4.78, 5) is 0. The zero-order valence-corrected chi connectivity index (χ0v) is 12.3. The maximum absolute atomic E-state index is 6.26. The van der Waals surface area contributed by atoms with Crippen molar-refractivity contribution in [2.45, 2.75) is 58.5 Å². The molecule has 0 saturated heterocycles. The third kappa shape index (κ3) is 3.73. The Hall–Kier alpha value is -0.530. The Labute approximate surface area is 116 Å². The molecule has 2 heteroatoms. The maximum atomic E-state index is 6.26. The number of hydrogen-bond donors (Lipinski definition) is 1. The fraction of sp³-hybridized carbons (Fsp3) is 0.625. The predicted molar refractivity (Wildman–Crippen MR) is 79.1 cm³/mol. The van der Waals surface area contributed by atoms with Crippen LogP contribution in [0.5, 0.6) is 0 Å². The summed E-state index contributed by atoms with van der Waals surface area (Å²) in [6.07, 6.45) is 6.77. The number of nitrogens with one attached hydrogen (secondary N) is 1. The molecular weight excluding hydrogens is 242 g/mol. The molecule has 1 aromatic rings. The number of aryl methyl sites for hydroxylation is 1. The average molecular weight is 266 g/mol. The lowest BCUT2D eigenvalue weighted by atomic mass is 9.84. The molecule has 0 bridgehead atoms. The molecule has 0 heterocycles. The summed E-state index contributed by atoms with van der Waals surface area (Å²) < 4.78 is 0. The Kier molecular flexibility index (Phi) is 5.08. The number of hydrogen-bond acceptors (Lipinski definition) is 1. The molecular formula is C16H24ClN. The Bertz CT molecular complexity index is 389. The van der Waals surface area contributed by atoms with Gasteiger partial charge in [0, 0.05) is 17.6 Å². The molecule has 0 amide bonds. The van der Waals surface area contributed by atoms with Crippen LogP contribution in [0.25, 0.3) is 0 Å². The van der Waals surface area contributed by atoms with Gasteiger partial charge in [0.2, 0.25) is 0 Å². The van der Waals surface area contributed by atoms with Crippen molar-refractivity contribution >= 4 is 11.6 Å². The van der Waals surface area contributed by atoms with Gasteiger partial charge in [0.1, 0.15) is 0 Å². The van der Waals surface area contributed by atoms with Crippen molar-refractivity contribution in [1.82, 2.24) is 5.32 Å².